The van der Waals surface area contributed by atoms with E-state index in [2.05, 4.69) is 0 Å². The van der Waals surface area contributed by atoms with E-state index in [0.717, 1.165) is 17.4 Å². The quantitative estimate of drug-likeness (QED) is 0.923. The number of aromatic carboxylic acids is 1. The molecule has 23 heavy (non-hydrogen) atoms. The molecule has 1 N–H and O–H groups in total. The second kappa shape index (κ2) is 5.53. The van der Waals surface area contributed by atoms with E-state index >= 15 is 0 Å². The number of nitrogens with zero attached hydrogens (tertiary/aromatic N) is 1. The maximum absolute atomic E-state index is 13.4. The molecule has 1 aromatic carbocycles. The molecular formula is C17H16FNO4. The number of benzene rings is 1. The van der Waals surface area contributed by atoms with Crippen LogP contribution in [-0.4, -0.2) is 27.9 Å². The lowest BCUT2D eigenvalue weighted by Gasteiger charge is -2.40. The number of fused-ring (bicyclic) bond motifs is 1. The first-order chi connectivity index (χ1) is 10.9. The third kappa shape index (κ3) is 2.60. The summed E-state index contributed by atoms with van der Waals surface area (Å²) < 4.78 is 18.5. The maximum atomic E-state index is 13.4. The number of carboxylic acid groups (broad SMARTS) is 1. The molecule has 2 atom stereocenters. The number of hydrogen-bond acceptors (Lipinski definition) is 3. The second-order valence-electron chi connectivity index (χ2n) is 5.79. The molecule has 1 aliphatic heterocycles. The lowest BCUT2D eigenvalue weighted by atomic mass is 9.89. The highest BCUT2D eigenvalue weighted by Crippen LogP contribution is 2.34. The van der Waals surface area contributed by atoms with Gasteiger partial charge in [-0.1, -0.05) is 6.07 Å². The molecule has 1 aliphatic rings. The summed E-state index contributed by atoms with van der Waals surface area (Å²) in [6.07, 6.45) is 1.59. The normalized spacial score (nSPS) is 20.2. The lowest BCUT2D eigenvalue weighted by Crippen LogP contribution is -2.44. The van der Waals surface area contributed by atoms with Crippen molar-refractivity contribution < 1.29 is 23.5 Å². The van der Waals surface area contributed by atoms with Gasteiger partial charge in [0, 0.05) is 12.1 Å². The summed E-state index contributed by atoms with van der Waals surface area (Å²) in [7, 11) is 0. The monoisotopic (exact) mass is 317 g/mol. The zero-order valence-electron chi connectivity index (χ0n) is 12.7. The molecule has 1 aromatic heterocycles. The van der Waals surface area contributed by atoms with Crippen LogP contribution in [0.4, 0.5) is 4.39 Å². The van der Waals surface area contributed by atoms with Crippen molar-refractivity contribution in [3.63, 3.8) is 0 Å². The second-order valence-corrected chi connectivity index (χ2v) is 5.79. The minimum absolute atomic E-state index is 0.00772. The van der Waals surface area contributed by atoms with E-state index in [1.807, 2.05) is 13.8 Å². The number of hydrogen-bond donors (Lipinski definition) is 1. The van der Waals surface area contributed by atoms with Gasteiger partial charge in [-0.3, -0.25) is 4.79 Å². The molecule has 120 valence electrons. The molecule has 0 aliphatic carbocycles. The van der Waals surface area contributed by atoms with Gasteiger partial charge >= 0.3 is 5.97 Å². The summed E-state index contributed by atoms with van der Waals surface area (Å²) in [6.45, 7) is 3.74. The minimum Gasteiger partial charge on any atom is -0.478 e. The molecule has 0 saturated heterocycles. The SMILES string of the molecule is C[C@@H]1c2ccc(F)cc2C[C@H](C)N1C(=O)c1cc(C(=O)O)co1. The predicted molar refractivity (Wildman–Crippen MR) is 79.8 cm³/mol. The van der Waals surface area contributed by atoms with Gasteiger partial charge in [0.05, 0.1) is 11.6 Å². The Kier molecular flexibility index (Phi) is 3.67. The summed E-state index contributed by atoms with van der Waals surface area (Å²) in [5, 5.41) is 8.93. The Morgan fingerprint density at radius 3 is 2.70 bits per heavy atom. The fourth-order valence-corrected chi connectivity index (χ4v) is 3.17. The molecule has 1 amide bonds. The van der Waals surface area contributed by atoms with Crippen molar-refractivity contribution in [2.45, 2.75) is 32.4 Å². The van der Waals surface area contributed by atoms with Gasteiger partial charge < -0.3 is 14.4 Å². The number of amides is 1. The van der Waals surface area contributed by atoms with Crippen molar-refractivity contribution in [2.75, 3.05) is 0 Å². The van der Waals surface area contributed by atoms with Crippen LogP contribution in [0, 0.1) is 5.82 Å². The Morgan fingerprint density at radius 2 is 2.04 bits per heavy atom. The van der Waals surface area contributed by atoms with Crippen molar-refractivity contribution in [3.8, 4) is 0 Å². The van der Waals surface area contributed by atoms with Gasteiger partial charge in [0.25, 0.3) is 5.91 Å². The van der Waals surface area contributed by atoms with Gasteiger partial charge in [-0.05, 0) is 43.5 Å². The Balaban J connectivity index is 1.94. The van der Waals surface area contributed by atoms with Crippen molar-refractivity contribution in [1.29, 1.82) is 0 Å². The van der Waals surface area contributed by atoms with Crippen LogP contribution in [0.25, 0.3) is 0 Å². The van der Waals surface area contributed by atoms with Crippen LogP contribution >= 0.6 is 0 Å². The van der Waals surface area contributed by atoms with Crippen LogP contribution in [0.15, 0.2) is 34.9 Å². The number of rotatable bonds is 2. The van der Waals surface area contributed by atoms with Crippen molar-refractivity contribution in [2.24, 2.45) is 0 Å². The zero-order chi connectivity index (χ0) is 16.7. The molecule has 0 fully saturated rings. The average Bonchev–Trinajstić information content (AvgIpc) is 2.96. The van der Waals surface area contributed by atoms with Crippen molar-refractivity contribution >= 4 is 11.9 Å². The summed E-state index contributed by atoms with van der Waals surface area (Å²) in [6, 6.07) is 5.39. The van der Waals surface area contributed by atoms with Crippen LogP contribution in [0.1, 0.15) is 51.9 Å². The number of carbonyl (C=O) groups is 2. The minimum atomic E-state index is -1.15. The van der Waals surface area contributed by atoms with Gasteiger partial charge in [-0.2, -0.15) is 0 Å². The molecular weight excluding hydrogens is 301 g/mol. The number of carbonyl (C=O) groups excluding carboxylic acids is 1. The predicted octanol–water partition coefficient (Wildman–Crippen LogP) is 3.26. The first-order valence-corrected chi connectivity index (χ1v) is 7.31. The van der Waals surface area contributed by atoms with Crippen LogP contribution in [0.5, 0.6) is 0 Å². The lowest BCUT2D eigenvalue weighted by molar-refractivity contribution is 0.0547. The summed E-state index contributed by atoms with van der Waals surface area (Å²) in [5.74, 6) is -1.81. The summed E-state index contributed by atoms with van der Waals surface area (Å²) in [5.41, 5.74) is 1.72. The third-order valence-electron chi connectivity index (χ3n) is 4.25. The smallest absolute Gasteiger partial charge is 0.338 e. The van der Waals surface area contributed by atoms with Crippen molar-refractivity contribution in [1.82, 2.24) is 4.90 Å². The molecule has 6 heteroatoms. The fraction of sp³-hybridized carbons (Fsp3) is 0.294. The Hall–Kier alpha value is -2.63. The van der Waals surface area contributed by atoms with Crippen molar-refractivity contribution in [3.05, 3.63) is 58.8 Å². The highest BCUT2D eigenvalue weighted by Gasteiger charge is 2.34. The van der Waals surface area contributed by atoms with E-state index in [0.29, 0.717) is 6.42 Å². The Bertz CT molecular complexity index is 783. The molecule has 2 heterocycles. The van der Waals surface area contributed by atoms with E-state index in [1.54, 1.807) is 11.0 Å². The first kappa shape index (κ1) is 15.3. The molecule has 0 spiro atoms. The summed E-state index contributed by atoms with van der Waals surface area (Å²) >= 11 is 0. The molecule has 0 radical (unpaired) electrons. The standard InChI is InChI=1S/C17H16FNO4/c1-9-5-11-6-13(18)3-4-14(11)10(2)19(9)16(20)15-7-12(8-23-15)17(21)22/h3-4,6-10H,5H2,1-2H3,(H,21,22)/t9-,10+/m0/s1. The Labute approximate surface area is 132 Å². The largest absolute Gasteiger partial charge is 0.478 e. The number of halogens is 1. The highest BCUT2D eigenvalue weighted by molar-refractivity contribution is 5.96. The molecule has 5 nitrogen and oxygen atoms in total. The molecule has 3 rings (SSSR count). The third-order valence-corrected chi connectivity index (χ3v) is 4.25. The molecule has 0 unspecified atom stereocenters. The molecule has 0 bridgehead atoms. The number of carboxylic acids is 1. The van der Waals surface area contributed by atoms with E-state index in [4.69, 9.17) is 9.52 Å². The number of furan rings is 1. The van der Waals surface area contributed by atoms with E-state index in [9.17, 15) is 14.0 Å². The van der Waals surface area contributed by atoms with Gasteiger partial charge in [-0.15, -0.1) is 0 Å². The highest BCUT2D eigenvalue weighted by atomic mass is 19.1. The first-order valence-electron chi connectivity index (χ1n) is 7.31. The van der Waals surface area contributed by atoms with Gasteiger partial charge in [-0.25, -0.2) is 9.18 Å². The van der Waals surface area contributed by atoms with Gasteiger partial charge in [0.15, 0.2) is 5.76 Å². The molecule has 2 aromatic rings. The fourth-order valence-electron chi connectivity index (χ4n) is 3.17. The Morgan fingerprint density at radius 1 is 1.30 bits per heavy atom. The van der Waals surface area contributed by atoms with Crippen LogP contribution in [0.3, 0.4) is 0 Å². The molecule has 0 saturated carbocycles. The maximum Gasteiger partial charge on any atom is 0.338 e. The topological polar surface area (TPSA) is 70.8 Å². The summed E-state index contributed by atoms with van der Waals surface area (Å²) in [4.78, 5) is 25.3. The zero-order valence-corrected chi connectivity index (χ0v) is 12.7. The van der Waals surface area contributed by atoms with E-state index in [1.165, 1.54) is 18.2 Å². The van der Waals surface area contributed by atoms with E-state index in [-0.39, 0.29) is 35.1 Å². The van der Waals surface area contributed by atoms with Crippen LogP contribution < -0.4 is 0 Å². The van der Waals surface area contributed by atoms with Gasteiger partial charge in [0.2, 0.25) is 0 Å². The van der Waals surface area contributed by atoms with Crippen LogP contribution in [-0.2, 0) is 6.42 Å². The average molecular weight is 317 g/mol. The van der Waals surface area contributed by atoms with Crippen LogP contribution in [0.2, 0.25) is 0 Å². The van der Waals surface area contributed by atoms with Gasteiger partial charge in [0.1, 0.15) is 12.1 Å². The van der Waals surface area contributed by atoms with E-state index < -0.39 is 5.97 Å².